The molecule has 1 aliphatic heterocycles. The Morgan fingerprint density at radius 2 is 1.11 bits per heavy atom. The Kier molecular flexibility index (Phi) is 10.3. The minimum atomic E-state index is -7.05. The number of hydrogen-bond donors (Lipinski definition) is 4. The first-order valence-corrected chi connectivity index (χ1v) is 10.6. The van der Waals surface area contributed by atoms with Crippen molar-refractivity contribution in [1.29, 1.82) is 0 Å². The molecule has 1 saturated heterocycles. The van der Waals surface area contributed by atoms with Crippen LogP contribution in [0.1, 0.15) is 6.92 Å². The summed E-state index contributed by atoms with van der Waals surface area (Å²) in [5.41, 5.74) is -6.56. The quantitative estimate of drug-likeness (QED) is 0.373. The number of nitrogens with zero attached hydrogens (tertiary/aromatic N) is 4. The summed E-state index contributed by atoms with van der Waals surface area (Å²) in [6.07, 6.45) is -30.3. The van der Waals surface area contributed by atoms with Crippen LogP contribution in [-0.4, -0.2) is 141 Å². The summed E-state index contributed by atoms with van der Waals surface area (Å²) in [5.74, 6) is 0. The third-order valence-corrected chi connectivity index (χ3v) is 6.06. The van der Waals surface area contributed by atoms with Gasteiger partial charge in [-0.05, 0) is 6.92 Å². The van der Waals surface area contributed by atoms with E-state index in [1.54, 1.807) is 0 Å². The van der Waals surface area contributed by atoms with Gasteiger partial charge in [0.15, 0.2) is 0 Å². The highest BCUT2D eigenvalue weighted by atomic mass is 19.4. The number of carboxylic acid groups (broad SMARTS) is 3. The van der Waals surface area contributed by atoms with E-state index in [9.17, 15) is 74.3 Å². The van der Waals surface area contributed by atoms with Crippen molar-refractivity contribution in [3.63, 3.8) is 0 Å². The lowest BCUT2D eigenvalue weighted by molar-refractivity contribution is -0.448. The monoisotopic (exact) mass is 580 g/mol. The van der Waals surface area contributed by atoms with Gasteiger partial charge in [-0.15, -0.1) is 0 Å². The van der Waals surface area contributed by atoms with Crippen molar-refractivity contribution in [3.8, 4) is 0 Å². The van der Waals surface area contributed by atoms with Crippen LogP contribution in [0.2, 0.25) is 0 Å². The molecule has 0 aromatic heterocycles. The lowest BCUT2D eigenvalue weighted by Gasteiger charge is -2.43. The Bertz CT molecular complexity index is 818. The first-order chi connectivity index (χ1) is 17.1. The molecule has 1 rings (SSSR count). The maximum atomic E-state index is 13.4. The summed E-state index contributed by atoms with van der Waals surface area (Å²) in [7, 11) is 0. The highest BCUT2D eigenvalue weighted by molar-refractivity contribution is 5.67. The molecule has 4 N–H and O–H groups in total. The maximum absolute atomic E-state index is 13.4. The van der Waals surface area contributed by atoms with E-state index in [2.05, 4.69) is 0 Å². The van der Waals surface area contributed by atoms with Crippen LogP contribution in [0, 0.1) is 5.41 Å². The standard InChI is InChI=1S/C18H25F9N4O7/c1-10-8-30(13(35)36)6-5-29(12(33)34)4-2-28(3-7-31(10)14(37)38)9-11(32)15(16(19,20)21,17(22,23)24)18(25,26)27/h10-11,32H,2-9H2,1H3,(H,33,34)(H,35,36)(H,37,38). The summed E-state index contributed by atoms with van der Waals surface area (Å²) in [6, 6.07) is -1.17. The second kappa shape index (κ2) is 11.9. The van der Waals surface area contributed by atoms with Crippen LogP contribution in [-0.2, 0) is 0 Å². The predicted octanol–water partition coefficient (Wildman–Crippen LogP) is 2.66. The number of rotatable bonds is 3. The molecule has 11 nitrogen and oxygen atoms in total. The van der Waals surface area contributed by atoms with Gasteiger partial charge in [0, 0.05) is 58.4 Å². The van der Waals surface area contributed by atoms with Crippen LogP contribution in [0.15, 0.2) is 0 Å². The van der Waals surface area contributed by atoms with Crippen LogP contribution in [0.4, 0.5) is 53.9 Å². The van der Waals surface area contributed by atoms with Crippen molar-refractivity contribution < 1.29 is 74.3 Å². The molecule has 1 aliphatic rings. The number of halogens is 9. The predicted molar refractivity (Wildman–Crippen MR) is 106 cm³/mol. The number of carbonyl (C=O) groups is 3. The first-order valence-electron chi connectivity index (χ1n) is 10.6. The van der Waals surface area contributed by atoms with E-state index in [0.717, 1.165) is 0 Å². The third-order valence-electron chi connectivity index (χ3n) is 6.06. The maximum Gasteiger partial charge on any atom is 0.414 e. The second-order valence-electron chi connectivity index (χ2n) is 8.44. The minimum Gasteiger partial charge on any atom is -0.465 e. The summed E-state index contributed by atoms with van der Waals surface area (Å²) in [5, 5.41) is 37.9. The molecule has 2 unspecified atom stereocenters. The molecular formula is C18H25F9N4O7. The fourth-order valence-electron chi connectivity index (χ4n) is 3.97. The molecule has 0 spiro atoms. The Labute approximate surface area is 208 Å². The van der Waals surface area contributed by atoms with Gasteiger partial charge in [-0.25, -0.2) is 14.4 Å². The average Bonchev–Trinajstić information content (AvgIpc) is 2.67. The van der Waals surface area contributed by atoms with Crippen molar-refractivity contribution in [2.24, 2.45) is 5.41 Å². The first kappa shape index (κ1) is 33.1. The normalized spacial score (nSPS) is 20.9. The van der Waals surface area contributed by atoms with E-state index in [0.29, 0.717) is 19.6 Å². The molecule has 1 heterocycles. The molecule has 0 aromatic carbocycles. The smallest absolute Gasteiger partial charge is 0.414 e. The van der Waals surface area contributed by atoms with Crippen LogP contribution in [0.5, 0.6) is 0 Å². The van der Waals surface area contributed by atoms with Gasteiger partial charge in [0.1, 0.15) is 0 Å². The Morgan fingerprint density at radius 1 is 0.711 bits per heavy atom. The molecule has 222 valence electrons. The molecule has 2 atom stereocenters. The van der Waals surface area contributed by atoms with E-state index in [1.165, 1.54) is 6.92 Å². The SMILES string of the molecule is CC1CN(C(=O)O)CCN(C(=O)O)CCN(CC(O)C(C(F)(F)F)(C(F)(F)F)C(F)(F)F)CCN1C(=O)O. The summed E-state index contributed by atoms with van der Waals surface area (Å²) in [4.78, 5) is 36.8. The van der Waals surface area contributed by atoms with Gasteiger partial charge in [0.25, 0.3) is 5.41 Å². The highest BCUT2D eigenvalue weighted by Crippen LogP contribution is 2.61. The Hall–Kier alpha value is -2.90. The van der Waals surface area contributed by atoms with Gasteiger partial charge in [0.2, 0.25) is 0 Å². The molecule has 1 fully saturated rings. The lowest BCUT2D eigenvalue weighted by atomic mass is 9.79. The van der Waals surface area contributed by atoms with Gasteiger partial charge in [-0.1, -0.05) is 0 Å². The molecule has 0 bridgehead atoms. The Morgan fingerprint density at radius 3 is 1.50 bits per heavy atom. The molecule has 0 aromatic rings. The molecule has 0 radical (unpaired) electrons. The fourth-order valence-corrected chi connectivity index (χ4v) is 3.97. The van der Waals surface area contributed by atoms with Crippen LogP contribution in [0.25, 0.3) is 0 Å². The fraction of sp³-hybridized carbons (Fsp3) is 0.833. The van der Waals surface area contributed by atoms with Crippen molar-refractivity contribution in [1.82, 2.24) is 19.6 Å². The second-order valence-corrected chi connectivity index (χ2v) is 8.44. The number of alkyl halides is 9. The average molecular weight is 580 g/mol. The zero-order valence-electron chi connectivity index (χ0n) is 19.5. The molecular weight excluding hydrogens is 555 g/mol. The minimum absolute atomic E-state index is 0.442. The molecule has 0 saturated carbocycles. The topological polar surface area (TPSA) is 145 Å². The van der Waals surface area contributed by atoms with Gasteiger partial charge in [-0.2, -0.15) is 39.5 Å². The van der Waals surface area contributed by atoms with Crippen LogP contribution < -0.4 is 0 Å². The van der Waals surface area contributed by atoms with Gasteiger partial charge >= 0.3 is 36.8 Å². The Balaban J connectivity index is 3.46. The van der Waals surface area contributed by atoms with Crippen molar-refractivity contribution in [2.45, 2.75) is 37.6 Å². The van der Waals surface area contributed by atoms with Crippen molar-refractivity contribution in [3.05, 3.63) is 0 Å². The van der Waals surface area contributed by atoms with E-state index >= 15 is 0 Å². The van der Waals surface area contributed by atoms with E-state index in [1.807, 2.05) is 0 Å². The highest BCUT2D eigenvalue weighted by Gasteiger charge is 2.86. The number of aliphatic hydroxyl groups is 1. The van der Waals surface area contributed by atoms with Crippen LogP contribution in [0.3, 0.4) is 0 Å². The molecule has 20 heteroatoms. The molecule has 3 amide bonds. The third kappa shape index (κ3) is 7.14. The van der Waals surface area contributed by atoms with E-state index in [4.69, 9.17) is 0 Å². The lowest BCUT2D eigenvalue weighted by Crippen LogP contribution is -2.68. The molecule has 38 heavy (non-hydrogen) atoms. The number of aliphatic hydroxyl groups excluding tert-OH is 1. The zero-order valence-corrected chi connectivity index (χ0v) is 19.5. The van der Waals surface area contributed by atoms with Gasteiger partial charge < -0.3 is 35.1 Å². The van der Waals surface area contributed by atoms with Gasteiger partial charge in [0.05, 0.1) is 6.10 Å². The van der Waals surface area contributed by atoms with E-state index < -0.39 is 107 Å². The van der Waals surface area contributed by atoms with Crippen LogP contribution >= 0.6 is 0 Å². The van der Waals surface area contributed by atoms with Crippen molar-refractivity contribution in [2.75, 3.05) is 52.4 Å². The number of β-amino-alcohol motifs (C(OH)–C–C–N with tert-alkyl or cyclic N) is 1. The largest absolute Gasteiger partial charge is 0.465 e. The summed E-state index contributed by atoms with van der Waals surface area (Å²) in [6.45, 7) is -5.48. The summed E-state index contributed by atoms with van der Waals surface area (Å²) >= 11 is 0. The number of amides is 3. The summed E-state index contributed by atoms with van der Waals surface area (Å²) < 4.78 is 120. The molecule has 0 aliphatic carbocycles. The van der Waals surface area contributed by atoms with Crippen molar-refractivity contribution >= 4 is 18.3 Å². The van der Waals surface area contributed by atoms with E-state index in [-0.39, 0.29) is 0 Å². The zero-order chi connectivity index (χ0) is 29.9. The number of hydrogen-bond acceptors (Lipinski definition) is 5. The van der Waals surface area contributed by atoms with Gasteiger partial charge in [-0.3, -0.25) is 4.90 Å².